The van der Waals surface area contributed by atoms with Crippen LogP contribution in [0.15, 0.2) is 24.3 Å². The van der Waals surface area contributed by atoms with Crippen molar-refractivity contribution in [1.82, 2.24) is 0 Å². The Morgan fingerprint density at radius 3 is 2.32 bits per heavy atom. The van der Waals surface area contributed by atoms with Gasteiger partial charge in [-0.1, -0.05) is 28.1 Å². The van der Waals surface area contributed by atoms with Gasteiger partial charge in [0.05, 0.1) is 12.5 Å². The highest BCUT2D eigenvalue weighted by Gasteiger charge is 2.16. The van der Waals surface area contributed by atoms with E-state index in [2.05, 4.69) is 21.2 Å². The van der Waals surface area contributed by atoms with Crippen molar-refractivity contribution in [2.75, 3.05) is 10.6 Å². The van der Waals surface area contributed by atoms with Crippen molar-refractivity contribution >= 4 is 33.3 Å². The van der Waals surface area contributed by atoms with Crippen molar-refractivity contribution in [3.8, 4) is 0 Å². The van der Waals surface area contributed by atoms with E-state index < -0.39 is 12.2 Å². The van der Waals surface area contributed by atoms with Crippen LogP contribution < -0.4 is 5.32 Å². The zero-order chi connectivity index (χ0) is 14.4. The van der Waals surface area contributed by atoms with Gasteiger partial charge in [0.2, 0.25) is 5.91 Å². The maximum atomic E-state index is 11.4. The molecule has 1 aromatic carbocycles. The number of amides is 1. The van der Waals surface area contributed by atoms with Crippen molar-refractivity contribution < 1.29 is 19.8 Å². The second-order valence-corrected chi connectivity index (χ2v) is 4.86. The molecule has 0 saturated carbocycles. The minimum Gasteiger partial charge on any atom is -0.389 e. The first-order valence-corrected chi connectivity index (χ1v) is 6.87. The predicted molar refractivity (Wildman–Crippen MR) is 75.1 cm³/mol. The molecule has 2 unspecified atom stereocenters. The van der Waals surface area contributed by atoms with Gasteiger partial charge >= 0.3 is 0 Å². The van der Waals surface area contributed by atoms with Gasteiger partial charge in [-0.25, -0.2) is 0 Å². The van der Waals surface area contributed by atoms with Gasteiger partial charge in [0, 0.05) is 11.0 Å². The van der Waals surface area contributed by atoms with E-state index in [4.69, 9.17) is 0 Å². The summed E-state index contributed by atoms with van der Waals surface area (Å²) in [5, 5.41) is 22.1. The summed E-state index contributed by atoms with van der Waals surface area (Å²) < 4.78 is 0. The fourth-order valence-electron chi connectivity index (χ4n) is 1.50. The van der Waals surface area contributed by atoms with Crippen LogP contribution in [0.2, 0.25) is 0 Å². The highest BCUT2D eigenvalue weighted by Crippen LogP contribution is 2.20. The first kappa shape index (κ1) is 15.8. The Morgan fingerprint density at radius 1 is 1.26 bits per heavy atom. The van der Waals surface area contributed by atoms with Crippen LogP contribution in [0.25, 0.3) is 0 Å². The average molecular weight is 330 g/mol. The van der Waals surface area contributed by atoms with Crippen molar-refractivity contribution in [2.24, 2.45) is 0 Å². The summed E-state index contributed by atoms with van der Waals surface area (Å²) in [5.41, 5.74) is 1.09. The molecule has 2 atom stereocenters. The van der Waals surface area contributed by atoms with Crippen LogP contribution >= 0.6 is 15.9 Å². The number of Topliss-reactive ketones (excluding diaryl/α,β-unsaturated/α-hetero) is 1. The molecular weight excluding hydrogens is 314 g/mol. The second kappa shape index (κ2) is 7.37. The molecule has 0 heterocycles. The molecule has 1 rings (SSSR count). The summed E-state index contributed by atoms with van der Waals surface area (Å²) in [4.78, 5) is 22.1. The van der Waals surface area contributed by atoms with Gasteiger partial charge in [-0.05, 0) is 24.6 Å². The molecule has 3 N–H and O–H groups in total. The molecule has 0 spiro atoms. The van der Waals surface area contributed by atoms with Crippen molar-refractivity contribution in [3.05, 3.63) is 29.8 Å². The minimum atomic E-state index is -0.985. The highest BCUT2D eigenvalue weighted by molar-refractivity contribution is 9.09. The van der Waals surface area contributed by atoms with Crippen LogP contribution in [0.1, 0.15) is 25.0 Å². The number of benzene rings is 1. The Bertz CT molecular complexity index is 446. The number of hydrogen-bond acceptors (Lipinski definition) is 4. The van der Waals surface area contributed by atoms with E-state index in [-0.39, 0.29) is 23.4 Å². The molecule has 0 radical (unpaired) electrons. The number of aliphatic hydroxyl groups is 2. The van der Waals surface area contributed by atoms with Gasteiger partial charge in [0.25, 0.3) is 0 Å². The molecule has 0 aliphatic heterocycles. The molecule has 0 aliphatic rings. The lowest BCUT2D eigenvalue weighted by atomic mass is 10.1. The van der Waals surface area contributed by atoms with Gasteiger partial charge < -0.3 is 15.5 Å². The summed E-state index contributed by atoms with van der Waals surface area (Å²) in [6.45, 7) is 1.35. The number of hydrogen-bond donors (Lipinski definition) is 3. The maximum Gasteiger partial charge on any atom is 0.231 e. The third-order valence-corrected chi connectivity index (χ3v) is 3.13. The lowest BCUT2D eigenvalue weighted by Crippen LogP contribution is -2.19. The van der Waals surface area contributed by atoms with Gasteiger partial charge in [-0.2, -0.15) is 0 Å². The van der Waals surface area contributed by atoms with Crippen molar-refractivity contribution in [3.63, 3.8) is 0 Å². The number of rotatable bonds is 6. The summed E-state index contributed by atoms with van der Waals surface area (Å²) >= 11 is 3.08. The van der Waals surface area contributed by atoms with Gasteiger partial charge in [0.15, 0.2) is 0 Å². The number of alkyl halides is 1. The van der Waals surface area contributed by atoms with E-state index in [0.717, 1.165) is 0 Å². The molecule has 0 bridgehead atoms. The lowest BCUT2D eigenvalue weighted by molar-refractivity contribution is -0.124. The van der Waals surface area contributed by atoms with Crippen LogP contribution in [0.4, 0.5) is 5.69 Å². The fraction of sp³-hybridized carbons (Fsp3) is 0.385. The summed E-state index contributed by atoms with van der Waals surface area (Å²) in [6.07, 6.45) is -2.04. The molecular formula is C13H16BrNO4. The minimum absolute atomic E-state index is 0.160. The molecule has 1 aromatic rings. The van der Waals surface area contributed by atoms with Crippen molar-refractivity contribution in [2.45, 2.75) is 25.6 Å². The van der Waals surface area contributed by atoms with E-state index >= 15 is 0 Å². The standard InChI is InChI=1S/C13H16BrNO4/c1-8(16)6-12(18)15-10-4-2-9(3-5-10)13(19)11(17)7-14/h2-5,11,13,17,19H,6-7H2,1H3,(H,15,18). The van der Waals surface area contributed by atoms with Crippen LogP contribution in [-0.4, -0.2) is 33.3 Å². The Labute approximate surface area is 119 Å². The number of halogens is 1. The van der Waals surface area contributed by atoms with E-state index in [1.807, 2.05) is 0 Å². The lowest BCUT2D eigenvalue weighted by Gasteiger charge is -2.16. The third kappa shape index (κ3) is 5.10. The molecule has 19 heavy (non-hydrogen) atoms. The Hall–Kier alpha value is -1.24. The predicted octanol–water partition coefficient (Wildman–Crippen LogP) is 1.39. The van der Waals surface area contributed by atoms with E-state index in [9.17, 15) is 19.8 Å². The van der Waals surface area contributed by atoms with Crippen LogP contribution in [0, 0.1) is 0 Å². The largest absolute Gasteiger partial charge is 0.389 e. The van der Waals surface area contributed by atoms with Crippen molar-refractivity contribution in [1.29, 1.82) is 0 Å². The summed E-state index contributed by atoms with van der Waals surface area (Å²) in [7, 11) is 0. The normalized spacial score (nSPS) is 13.7. The number of aliphatic hydroxyl groups excluding tert-OH is 2. The molecule has 5 nitrogen and oxygen atoms in total. The quantitative estimate of drug-likeness (QED) is 0.543. The van der Waals surface area contributed by atoms with E-state index in [0.29, 0.717) is 11.3 Å². The van der Waals surface area contributed by atoms with Crippen LogP contribution in [-0.2, 0) is 9.59 Å². The Balaban J connectivity index is 2.66. The Morgan fingerprint density at radius 2 is 1.84 bits per heavy atom. The molecule has 0 fully saturated rings. The zero-order valence-electron chi connectivity index (χ0n) is 10.5. The number of anilines is 1. The van der Waals surface area contributed by atoms with Gasteiger partial charge in [0.1, 0.15) is 11.9 Å². The smallest absolute Gasteiger partial charge is 0.231 e. The SMILES string of the molecule is CC(=O)CC(=O)Nc1ccc(C(O)C(O)CBr)cc1. The number of nitrogens with one attached hydrogen (secondary N) is 1. The third-order valence-electron chi connectivity index (χ3n) is 2.47. The first-order valence-electron chi connectivity index (χ1n) is 5.75. The number of carbonyl (C=O) groups excluding carboxylic acids is 2. The maximum absolute atomic E-state index is 11.4. The van der Waals surface area contributed by atoms with Crippen LogP contribution in [0.3, 0.4) is 0 Å². The fourth-order valence-corrected chi connectivity index (χ4v) is 1.86. The second-order valence-electron chi connectivity index (χ2n) is 4.22. The zero-order valence-corrected chi connectivity index (χ0v) is 12.1. The molecule has 0 aliphatic carbocycles. The summed E-state index contributed by atoms with van der Waals surface area (Å²) in [6, 6.07) is 6.44. The molecule has 0 saturated heterocycles. The first-order chi connectivity index (χ1) is 8.93. The monoisotopic (exact) mass is 329 g/mol. The van der Waals surface area contributed by atoms with E-state index in [1.54, 1.807) is 24.3 Å². The molecule has 6 heteroatoms. The number of carbonyl (C=O) groups is 2. The number of ketones is 1. The molecule has 104 valence electrons. The Kier molecular flexibility index (Phi) is 6.14. The summed E-state index contributed by atoms with van der Waals surface area (Å²) in [5.74, 6) is -0.578. The van der Waals surface area contributed by atoms with Crippen LogP contribution in [0.5, 0.6) is 0 Å². The van der Waals surface area contributed by atoms with E-state index in [1.165, 1.54) is 6.92 Å². The molecule has 0 aromatic heterocycles. The van der Waals surface area contributed by atoms with Gasteiger partial charge in [-0.15, -0.1) is 0 Å². The topological polar surface area (TPSA) is 86.6 Å². The highest BCUT2D eigenvalue weighted by atomic mass is 79.9. The molecule has 1 amide bonds. The average Bonchev–Trinajstić information content (AvgIpc) is 2.36. The van der Waals surface area contributed by atoms with Gasteiger partial charge in [-0.3, -0.25) is 9.59 Å².